The summed E-state index contributed by atoms with van der Waals surface area (Å²) in [7, 11) is 0. The van der Waals surface area contributed by atoms with Gasteiger partial charge in [-0.05, 0) is 72.8 Å². The summed E-state index contributed by atoms with van der Waals surface area (Å²) in [6, 6.07) is 20.6. The number of hydrogen-bond acceptors (Lipinski definition) is 13. The zero-order valence-corrected chi connectivity index (χ0v) is 32.8. The number of benzene rings is 3. The minimum Gasteiger partial charge on any atom is -0.491 e. The Hall–Kier alpha value is -4.75. The van der Waals surface area contributed by atoms with Gasteiger partial charge < -0.3 is 43.3 Å². The maximum Gasteiger partial charge on any atom is 0.329 e. The van der Waals surface area contributed by atoms with E-state index < -0.39 is 17.8 Å². The summed E-state index contributed by atoms with van der Waals surface area (Å²) >= 11 is 2.31. The maximum absolute atomic E-state index is 14.1. The Kier molecular flexibility index (Phi) is 15.5. The molecular formula is C40H43N3O12S2. The van der Waals surface area contributed by atoms with Gasteiger partial charge in [0.15, 0.2) is 0 Å². The molecular weight excluding hydrogens is 779 g/mol. The molecule has 57 heavy (non-hydrogen) atoms. The van der Waals surface area contributed by atoms with Crippen LogP contribution in [0.25, 0.3) is 0 Å². The first kappa shape index (κ1) is 41.9. The Labute approximate surface area is 338 Å². The smallest absolute Gasteiger partial charge is 0.329 e. The van der Waals surface area contributed by atoms with Gasteiger partial charge in [0.05, 0.1) is 75.0 Å². The number of ether oxygens (including phenoxy) is 6. The van der Waals surface area contributed by atoms with Crippen LogP contribution in [-0.2, 0) is 38.1 Å². The number of morpholine rings is 2. The summed E-state index contributed by atoms with van der Waals surface area (Å²) in [5, 5.41) is 8.56. The van der Waals surface area contributed by atoms with Crippen molar-refractivity contribution < 1.29 is 57.5 Å². The molecule has 0 unspecified atom stereocenters. The number of carbonyl (C=O) groups excluding carboxylic acids is 4. The van der Waals surface area contributed by atoms with Gasteiger partial charge in [-0.2, -0.15) is 0 Å². The quantitative estimate of drug-likeness (QED) is 0.137. The molecule has 2 saturated heterocycles. The third-order valence-electron chi connectivity index (χ3n) is 8.80. The molecule has 0 saturated carbocycles. The largest absolute Gasteiger partial charge is 0.491 e. The number of aliphatic carboxylic acids is 1. The topological polar surface area (TPSA) is 171 Å². The molecule has 0 aliphatic carbocycles. The first-order valence-electron chi connectivity index (χ1n) is 18.4. The molecule has 15 nitrogen and oxygen atoms in total. The second-order valence-corrected chi connectivity index (χ2v) is 14.8. The second kappa shape index (κ2) is 21.1. The summed E-state index contributed by atoms with van der Waals surface area (Å²) in [5.74, 6) is -1.68. The van der Waals surface area contributed by atoms with Crippen LogP contribution in [0, 0.1) is 0 Å². The summed E-state index contributed by atoms with van der Waals surface area (Å²) in [5.41, 5.74) is 1.41. The molecule has 3 aromatic carbocycles. The van der Waals surface area contributed by atoms with Crippen LogP contribution in [0.15, 0.2) is 92.4 Å². The molecule has 3 heterocycles. The Morgan fingerprint density at radius 1 is 0.579 bits per heavy atom. The molecule has 302 valence electrons. The highest BCUT2D eigenvalue weighted by molar-refractivity contribution is 8.08. The summed E-state index contributed by atoms with van der Waals surface area (Å²) in [6.45, 7) is 5.30. The second-order valence-electron chi connectivity index (χ2n) is 12.7. The third kappa shape index (κ3) is 11.7. The van der Waals surface area contributed by atoms with Gasteiger partial charge in [-0.15, -0.1) is 0 Å². The molecule has 0 spiro atoms. The highest BCUT2D eigenvalue weighted by Gasteiger charge is 2.40. The molecule has 1 N–H and O–H groups in total. The molecule has 3 aliphatic heterocycles. The standard InChI is InChI=1S/C40H43N3O12S2/c44-34(45)27-54-24-23-52-21-22-53-25-26-55-31-7-5-30(6-8-31)43-39(48)35(56-32-9-1-28(2-10-32)37(46)41-13-17-50-18-14-41)36(40(43)49)57-33-11-3-29(4-12-33)38(47)42-15-19-51-20-16-42/h1-12H,13-27H2,(H,44,45). The summed E-state index contributed by atoms with van der Waals surface area (Å²) < 4.78 is 32.2. The molecule has 4 amide bonds. The van der Waals surface area contributed by atoms with E-state index in [1.54, 1.807) is 82.6 Å². The van der Waals surface area contributed by atoms with Crippen molar-refractivity contribution in [3.8, 4) is 5.75 Å². The van der Waals surface area contributed by atoms with E-state index in [4.69, 9.17) is 33.5 Å². The predicted molar refractivity (Wildman–Crippen MR) is 210 cm³/mol. The number of anilines is 1. The minimum absolute atomic E-state index is 0.0945. The molecule has 17 heteroatoms. The Morgan fingerprint density at radius 2 is 1.00 bits per heavy atom. The number of nitrogens with zero attached hydrogens (tertiary/aromatic N) is 3. The highest BCUT2D eigenvalue weighted by atomic mass is 32.2. The lowest BCUT2D eigenvalue weighted by Gasteiger charge is -2.26. The maximum atomic E-state index is 14.1. The fourth-order valence-corrected chi connectivity index (χ4v) is 7.86. The van der Waals surface area contributed by atoms with E-state index in [0.29, 0.717) is 105 Å². The monoisotopic (exact) mass is 821 g/mol. The lowest BCUT2D eigenvalue weighted by molar-refractivity contribution is -0.142. The van der Waals surface area contributed by atoms with Crippen molar-refractivity contribution in [3.05, 3.63) is 93.7 Å². The third-order valence-corrected chi connectivity index (χ3v) is 11.1. The molecule has 0 atom stereocenters. The van der Waals surface area contributed by atoms with Crippen molar-refractivity contribution in [2.24, 2.45) is 0 Å². The number of rotatable bonds is 19. The van der Waals surface area contributed by atoms with E-state index in [9.17, 15) is 24.0 Å². The summed E-state index contributed by atoms with van der Waals surface area (Å²) in [6.07, 6.45) is 0. The Bertz CT molecular complexity index is 1800. The van der Waals surface area contributed by atoms with E-state index in [0.717, 1.165) is 28.4 Å². The van der Waals surface area contributed by atoms with Crippen LogP contribution in [0.1, 0.15) is 20.7 Å². The van der Waals surface area contributed by atoms with Gasteiger partial charge in [0.2, 0.25) is 0 Å². The number of carboxylic acid groups (broad SMARTS) is 1. The van der Waals surface area contributed by atoms with Crippen molar-refractivity contribution in [2.45, 2.75) is 9.79 Å². The van der Waals surface area contributed by atoms with Gasteiger partial charge in [0.25, 0.3) is 23.6 Å². The molecule has 0 radical (unpaired) electrons. The first-order chi connectivity index (χ1) is 27.8. The van der Waals surface area contributed by atoms with Crippen LogP contribution < -0.4 is 9.64 Å². The molecule has 3 aliphatic rings. The molecule has 0 aromatic heterocycles. The SMILES string of the molecule is O=C(O)COCCOCCOCCOc1ccc(N2C(=O)C(Sc3ccc(C(=O)N4CCOCC4)cc3)=C(Sc3ccc(C(=O)N4CCOCC4)cc3)C2=O)cc1. The predicted octanol–water partition coefficient (Wildman–Crippen LogP) is 3.81. The Morgan fingerprint density at radius 3 is 1.44 bits per heavy atom. The van der Waals surface area contributed by atoms with Crippen molar-refractivity contribution in [1.82, 2.24) is 9.80 Å². The fraction of sp³-hybridized carbons (Fsp3) is 0.375. The van der Waals surface area contributed by atoms with Gasteiger partial charge in [-0.3, -0.25) is 19.2 Å². The Balaban J connectivity index is 1.10. The number of carboxylic acids is 1. The minimum atomic E-state index is -1.03. The lowest BCUT2D eigenvalue weighted by atomic mass is 10.2. The molecule has 6 rings (SSSR count). The van der Waals surface area contributed by atoms with E-state index in [2.05, 4.69) is 0 Å². The van der Waals surface area contributed by atoms with Crippen molar-refractivity contribution >= 4 is 58.8 Å². The van der Waals surface area contributed by atoms with E-state index in [-0.39, 0.29) is 48.1 Å². The number of thioether (sulfide) groups is 2. The van der Waals surface area contributed by atoms with Crippen LogP contribution >= 0.6 is 23.5 Å². The highest BCUT2D eigenvalue weighted by Crippen LogP contribution is 2.44. The molecule has 2 fully saturated rings. The fourth-order valence-electron chi connectivity index (χ4n) is 5.88. The van der Waals surface area contributed by atoms with Gasteiger partial charge in [-0.1, -0.05) is 23.5 Å². The summed E-state index contributed by atoms with van der Waals surface area (Å²) in [4.78, 5) is 71.1. The molecule has 0 bridgehead atoms. The normalized spacial score (nSPS) is 16.0. The lowest BCUT2D eigenvalue weighted by Crippen LogP contribution is -2.40. The van der Waals surface area contributed by atoms with E-state index >= 15 is 0 Å². The average Bonchev–Trinajstić information content (AvgIpc) is 3.47. The zero-order valence-electron chi connectivity index (χ0n) is 31.1. The van der Waals surface area contributed by atoms with Gasteiger partial charge in [0, 0.05) is 47.1 Å². The van der Waals surface area contributed by atoms with Crippen molar-refractivity contribution in [1.29, 1.82) is 0 Å². The van der Waals surface area contributed by atoms with Crippen LogP contribution in [0.3, 0.4) is 0 Å². The number of carbonyl (C=O) groups is 5. The van der Waals surface area contributed by atoms with E-state index in [1.165, 1.54) is 0 Å². The van der Waals surface area contributed by atoms with Crippen LogP contribution in [0.5, 0.6) is 5.75 Å². The first-order valence-corrected chi connectivity index (χ1v) is 20.0. The number of amides is 4. The van der Waals surface area contributed by atoms with Crippen molar-refractivity contribution in [3.63, 3.8) is 0 Å². The zero-order chi connectivity index (χ0) is 40.0. The molecule has 3 aromatic rings. The van der Waals surface area contributed by atoms with Crippen LogP contribution in [0.2, 0.25) is 0 Å². The van der Waals surface area contributed by atoms with Gasteiger partial charge >= 0.3 is 5.97 Å². The number of imide groups is 1. The van der Waals surface area contributed by atoms with Crippen LogP contribution in [0.4, 0.5) is 5.69 Å². The van der Waals surface area contributed by atoms with Gasteiger partial charge in [-0.25, -0.2) is 9.69 Å². The van der Waals surface area contributed by atoms with E-state index in [1.807, 2.05) is 0 Å². The number of hydrogen-bond donors (Lipinski definition) is 1. The van der Waals surface area contributed by atoms with Gasteiger partial charge in [0.1, 0.15) is 19.0 Å². The average molecular weight is 822 g/mol. The van der Waals surface area contributed by atoms with Crippen LogP contribution in [-0.4, -0.2) is 143 Å². The van der Waals surface area contributed by atoms with Crippen molar-refractivity contribution in [2.75, 3.05) is 104 Å².